The summed E-state index contributed by atoms with van der Waals surface area (Å²) in [6.45, 7) is 0. The van der Waals surface area contributed by atoms with E-state index in [9.17, 15) is 0 Å². The molecule has 2 nitrogen and oxygen atoms in total. The summed E-state index contributed by atoms with van der Waals surface area (Å²) in [6, 6.07) is 9.85. The second-order valence-corrected chi connectivity index (χ2v) is 4.15. The van der Waals surface area contributed by atoms with Gasteiger partial charge in [-0.15, -0.1) is 0 Å². The van der Waals surface area contributed by atoms with Gasteiger partial charge in [-0.1, -0.05) is 22.0 Å². The molecule has 1 aromatic carbocycles. The highest BCUT2D eigenvalue weighted by molar-refractivity contribution is 9.10. The first-order valence-corrected chi connectivity index (χ1v) is 5.78. The van der Waals surface area contributed by atoms with E-state index in [4.69, 9.17) is 4.42 Å². The number of nitrogens with one attached hydrogen (secondary N) is 1. The van der Waals surface area contributed by atoms with E-state index in [0.29, 0.717) is 0 Å². The summed E-state index contributed by atoms with van der Waals surface area (Å²) in [5, 5.41) is 3.15. The van der Waals surface area contributed by atoms with Crippen molar-refractivity contribution < 1.29 is 4.42 Å². The zero-order valence-corrected chi connectivity index (χ0v) is 10.5. The van der Waals surface area contributed by atoms with E-state index < -0.39 is 0 Å². The van der Waals surface area contributed by atoms with Gasteiger partial charge < -0.3 is 9.73 Å². The van der Waals surface area contributed by atoms with E-state index in [1.807, 2.05) is 49.5 Å². The average Bonchev–Trinajstić information content (AvgIpc) is 2.80. The van der Waals surface area contributed by atoms with Crippen molar-refractivity contribution in [1.82, 2.24) is 0 Å². The molecule has 0 fully saturated rings. The minimum Gasteiger partial charge on any atom is -0.465 e. The van der Waals surface area contributed by atoms with Crippen molar-refractivity contribution in [3.05, 3.63) is 52.4 Å². The summed E-state index contributed by atoms with van der Waals surface area (Å²) >= 11 is 3.53. The molecule has 1 heterocycles. The first-order chi connectivity index (χ1) is 7.81. The molecule has 2 aromatic rings. The predicted molar refractivity (Wildman–Crippen MR) is 71.3 cm³/mol. The Morgan fingerprint density at radius 3 is 2.75 bits per heavy atom. The molecular formula is C13H12BrNO. The topological polar surface area (TPSA) is 25.2 Å². The first-order valence-electron chi connectivity index (χ1n) is 4.99. The Morgan fingerprint density at radius 1 is 1.19 bits per heavy atom. The van der Waals surface area contributed by atoms with Crippen LogP contribution < -0.4 is 5.32 Å². The lowest BCUT2D eigenvalue weighted by Gasteiger charge is -2.06. The molecule has 82 valence electrons. The van der Waals surface area contributed by atoms with Crippen LogP contribution in [0.3, 0.4) is 0 Å². The summed E-state index contributed by atoms with van der Waals surface area (Å²) in [5.41, 5.74) is 2.19. The maximum absolute atomic E-state index is 5.25. The lowest BCUT2D eigenvalue weighted by Crippen LogP contribution is -1.91. The number of benzene rings is 1. The van der Waals surface area contributed by atoms with Gasteiger partial charge in [0.15, 0.2) is 0 Å². The Labute approximate surface area is 103 Å². The van der Waals surface area contributed by atoms with Crippen LogP contribution in [0.5, 0.6) is 0 Å². The van der Waals surface area contributed by atoms with Gasteiger partial charge in [-0.2, -0.15) is 0 Å². The van der Waals surface area contributed by atoms with E-state index in [1.165, 1.54) is 0 Å². The molecule has 0 aliphatic heterocycles. The molecule has 1 N–H and O–H groups in total. The summed E-state index contributed by atoms with van der Waals surface area (Å²) < 4.78 is 6.30. The van der Waals surface area contributed by atoms with Crippen LogP contribution in [0.15, 0.2) is 45.5 Å². The average molecular weight is 278 g/mol. The molecule has 0 aliphatic rings. The van der Waals surface area contributed by atoms with Crippen molar-refractivity contribution in [3.8, 4) is 0 Å². The summed E-state index contributed by atoms with van der Waals surface area (Å²) in [4.78, 5) is 0. The lowest BCUT2D eigenvalue weighted by atomic mass is 10.1. The van der Waals surface area contributed by atoms with Crippen molar-refractivity contribution in [2.24, 2.45) is 0 Å². The fourth-order valence-electron chi connectivity index (χ4n) is 1.48. The van der Waals surface area contributed by atoms with Gasteiger partial charge in [0, 0.05) is 22.8 Å². The van der Waals surface area contributed by atoms with Crippen LogP contribution in [0.2, 0.25) is 0 Å². The zero-order chi connectivity index (χ0) is 11.4. The second-order valence-electron chi connectivity index (χ2n) is 3.30. The van der Waals surface area contributed by atoms with Crippen LogP contribution in [0.4, 0.5) is 5.69 Å². The third-order valence-corrected chi connectivity index (χ3v) is 2.97. The minimum absolute atomic E-state index is 0.845. The molecule has 0 radical (unpaired) electrons. The standard InChI is InChI=1S/C13H12BrNO/c1-15-13-6-2-5-12(14)11(13)8-7-10-4-3-9-16-10/h2-9,15H,1H3/b8-7+. The van der Waals surface area contributed by atoms with Gasteiger partial charge in [-0.3, -0.25) is 0 Å². The van der Waals surface area contributed by atoms with Gasteiger partial charge in [-0.25, -0.2) is 0 Å². The number of rotatable bonds is 3. The van der Waals surface area contributed by atoms with Gasteiger partial charge in [0.25, 0.3) is 0 Å². The normalized spacial score (nSPS) is 10.9. The van der Waals surface area contributed by atoms with Crippen molar-refractivity contribution in [3.63, 3.8) is 0 Å². The SMILES string of the molecule is CNc1cccc(Br)c1/C=C/c1ccco1. The largest absolute Gasteiger partial charge is 0.465 e. The molecule has 1 aromatic heterocycles. The quantitative estimate of drug-likeness (QED) is 0.907. The Morgan fingerprint density at radius 2 is 2.06 bits per heavy atom. The van der Waals surface area contributed by atoms with Crippen LogP contribution >= 0.6 is 15.9 Å². The molecular weight excluding hydrogens is 266 g/mol. The first kappa shape index (κ1) is 11.0. The summed E-state index contributed by atoms with van der Waals surface area (Å²) in [5.74, 6) is 0.845. The zero-order valence-electron chi connectivity index (χ0n) is 8.91. The molecule has 0 saturated carbocycles. The third kappa shape index (κ3) is 2.36. The van der Waals surface area contributed by atoms with Crippen LogP contribution in [0.1, 0.15) is 11.3 Å². The Balaban J connectivity index is 2.33. The number of halogens is 1. The highest BCUT2D eigenvalue weighted by Gasteiger charge is 2.01. The van der Waals surface area contributed by atoms with Crippen LogP contribution in [-0.2, 0) is 0 Å². The smallest absolute Gasteiger partial charge is 0.126 e. The highest BCUT2D eigenvalue weighted by Crippen LogP contribution is 2.26. The molecule has 2 rings (SSSR count). The monoisotopic (exact) mass is 277 g/mol. The molecule has 16 heavy (non-hydrogen) atoms. The Hall–Kier alpha value is -1.48. The van der Waals surface area contributed by atoms with E-state index in [1.54, 1.807) is 6.26 Å². The molecule has 0 aliphatic carbocycles. The van der Waals surface area contributed by atoms with E-state index in [-0.39, 0.29) is 0 Å². The van der Waals surface area contributed by atoms with Crippen LogP contribution in [0, 0.1) is 0 Å². The highest BCUT2D eigenvalue weighted by atomic mass is 79.9. The summed E-state index contributed by atoms with van der Waals surface area (Å²) in [6.07, 6.45) is 5.63. The maximum atomic E-state index is 5.25. The van der Waals surface area contributed by atoms with Gasteiger partial charge in [-0.05, 0) is 36.4 Å². The fraction of sp³-hybridized carbons (Fsp3) is 0.0769. The lowest BCUT2D eigenvalue weighted by molar-refractivity contribution is 0.557. The van der Waals surface area contributed by atoms with Crippen molar-refractivity contribution in [2.45, 2.75) is 0 Å². The maximum Gasteiger partial charge on any atom is 0.126 e. The summed E-state index contributed by atoms with van der Waals surface area (Å²) in [7, 11) is 1.91. The molecule has 0 unspecified atom stereocenters. The fourth-order valence-corrected chi connectivity index (χ4v) is 1.97. The van der Waals surface area contributed by atoms with Gasteiger partial charge in [0.1, 0.15) is 5.76 Å². The molecule has 0 spiro atoms. The van der Waals surface area contributed by atoms with Gasteiger partial charge in [0.05, 0.1) is 6.26 Å². The number of furan rings is 1. The van der Waals surface area contributed by atoms with Crippen molar-refractivity contribution >= 4 is 33.8 Å². The van der Waals surface area contributed by atoms with E-state index >= 15 is 0 Å². The van der Waals surface area contributed by atoms with Crippen molar-refractivity contribution in [2.75, 3.05) is 12.4 Å². The molecule has 0 saturated heterocycles. The molecule has 0 bridgehead atoms. The van der Waals surface area contributed by atoms with Crippen LogP contribution in [0.25, 0.3) is 12.2 Å². The van der Waals surface area contributed by atoms with E-state index in [0.717, 1.165) is 21.5 Å². The third-order valence-electron chi connectivity index (χ3n) is 2.28. The number of hydrogen-bond acceptors (Lipinski definition) is 2. The molecule has 0 atom stereocenters. The Kier molecular flexibility index (Phi) is 3.47. The van der Waals surface area contributed by atoms with Gasteiger partial charge in [0.2, 0.25) is 0 Å². The minimum atomic E-state index is 0.845. The molecule has 3 heteroatoms. The van der Waals surface area contributed by atoms with Gasteiger partial charge >= 0.3 is 0 Å². The molecule has 0 amide bonds. The number of hydrogen-bond donors (Lipinski definition) is 1. The van der Waals surface area contributed by atoms with Crippen LogP contribution in [-0.4, -0.2) is 7.05 Å². The van der Waals surface area contributed by atoms with E-state index in [2.05, 4.69) is 21.2 Å². The number of anilines is 1. The van der Waals surface area contributed by atoms with Crippen molar-refractivity contribution in [1.29, 1.82) is 0 Å². The Bertz CT molecular complexity index is 489. The predicted octanol–water partition coefficient (Wildman–Crippen LogP) is 4.25. The second kappa shape index (κ2) is 5.03.